The first-order chi connectivity index (χ1) is 7.97. The molecular formula is C12H21N3O2. The molecule has 5 nitrogen and oxygen atoms in total. The van der Waals surface area contributed by atoms with Crippen molar-refractivity contribution in [2.24, 2.45) is 5.92 Å². The van der Waals surface area contributed by atoms with Gasteiger partial charge in [0.1, 0.15) is 6.04 Å². The molecule has 1 aliphatic heterocycles. The largest absolute Gasteiger partial charge is 0.339 e. The van der Waals surface area contributed by atoms with Crippen LogP contribution in [0.2, 0.25) is 0 Å². The van der Waals surface area contributed by atoms with Gasteiger partial charge in [-0.1, -0.05) is 19.9 Å². The average Bonchev–Trinajstić information content (AvgIpc) is 2.26. The summed E-state index contributed by atoms with van der Waals surface area (Å²) in [7, 11) is 0. The molecule has 0 saturated carbocycles. The molecule has 5 heteroatoms. The molecule has 0 spiro atoms. The Morgan fingerprint density at radius 1 is 1.47 bits per heavy atom. The summed E-state index contributed by atoms with van der Waals surface area (Å²) in [5, 5.41) is 1.30. The molecular weight excluding hydrogens is 218 g/mol. The predicted octanol–water partition coefficient (Wildman–Crippen LogP) is 1.38. The van der Waals surface area contributed by atoms with Crippen molar-refractivity contribution in [2.75, 3.05) is 13.1 Å². The minimum Gasteiger partial charge on any atom is -0.311 e. The lowest BCUT2D eigenvalue weighted by molar-refractivity contribution is -0.132. The third-order valence-corrected chi connectivity index (χ3v) is 2.83. The number of nitrogens with one attached hydrogen (secondary N) is 1. The molecule has 0 aliphatic carbocycles. The molecule has 0 radical (unpaired) electrons. The van der Waals surface area contributed by atoms with Crippen molar-refractivity contribution in [1.82, 2.24) is 15.3 Å². The van der Waals surface area contributed by atoms with Crippen molar-refractivity contribution in [2.45, 2.75) is 33.2 Å². The van der Waals surface area contributed by atoms with Crippen LogP contribution in [0, 0.1) is 5.92 Å². The van der Waals surface area contributed by atoms with E-state index in [4.69, 9.17) is 0 Å². The first-order valence-corrected chi connectivity index (χ1v) is 5.97. The first-order valence-electron chi connectivity index (χ1n) is 5.97. The van der Waals surface area contributed by atoms with Crippen LogP contribution in [-0.4, -0.2) is 41.0 Å². The van der Waals surface area contributed by atoms with Crippen LogP contribution in [0.3, 0.4) is 0 Å². The van der Waals surface area contributed by atoms with Crippen molar-refractivity contribution in [3.05, 3.63) is 12.7 Å². The van der Waals surface area contributed by atoms with Gasteiger partial charge in [0.2, 0.25) is 0 Å². The Kier molecular flexibility index (Phi) is 4.54. The van der Waals surface area contributed by atoms with Gasteiger partial charge in [-0.2, -0.15) is 0 Å². The van der Waals surface area contributed by atoms with E-state index in [1.807, 2.05) is 0 Å². The molecule has 0 unspecified atom stereocenters. The smallest absolute Gasteiger partial charge is 0.311 e. The Hall–Kier alpha value is -1.52. The summed E-state index contributed by atoms with van der Waals surface area (Å²) in [5.74, 6) is 0.364. The quantitative estimate of drug-likeness (QED) is 0.737. The Morgan fingerprint density at radius 3 is 2.65 bits per heavy atom. The topological polar surface area (TPSA) is 52.7 Å². The zero-order valence-corrected chi connectivity index (χ0v) is 10.8. The van der Waals surface area contributed by atoms with Gasteiger partial charge < -0.3 is 4.90 Å². The highest BCUT2D eigenvalue weighted by Gasteiger charge is 2.35. The second-order valence-electron chi connectivity index (χ2n) is 4.71. The zero-order valence-electron chi connectivity index (χ0n) is 10.8. The Morgan fingerprint density at radius 2 is 2.12 bits per heavy atom. The monoisotopic (exact) mass is 239 g/mol. The minimum atomic E-state index is -0.401. The molecule has 0 bridgehead atoms. The standard InChI is InChI=1S/C12H21N3O2/c1-5-7-15-12(17)14(8-6-9(2)3)10(4)11(16)13-15/h5,9-10H,1,6-8H2,2-4H3,(H,13,16)/t10-/m0/s1. The van der Waals surface area contributed by atoms with E-state index in [2.05, 4.69) is 25.9 Å². The molecule has 0 aromatic carbocycles. The van der Waals surface area contributed by atoms with E-state index in [0.29, 0.717) is 19.0 Å². The molecule has 1 atom stereocenters. The second-order valence-corrected chi connectivity index (χ2v) is 4.71. The van der Waals surface area contributed by atoms with Crippen LogP contribution in [0.5, 0.6) is 0 Å². The number of carbonyl (C=O) groups is 2. The summed E-state index contributed by atoms with van der Waals surface area (Å²) in [4.78, 5) is 25.4. The predicted molar refractivity (Wildman–Crippen MR) is 66.1 cm³/mol. The third kappa shape index (κ3) is 3.22. The molecule has 17 heavy (non-hydrogen) atoms. The number of carbonyl (C=O) groups excluding carboxylic acids is 2. The molecule has 1 N–H and O–H groups in total. The van der Waals surface area contributed by atoms with Crippen LogP contribution < -0.4 is 5.43 Å². The number of amides is 3. The van der Waals surface area contributed by atoms with Crippen LogP contribution in [0.15, 0.2) is 12.7 Å². The van der Waals surface area contributed by atoms with E-state index in [1.165, 1.54) is 5.01 Å². The lowest BCUT2D eigenvalue weighted by Gasteiger charge is -2.39. The van der Waals surface area contributed by atoms with Gasteiger partial charge in [0, 0.05) is 6.54 Å². The van der Waals surface area contributed by atoms with Crippen LogP contribution in [0.4, 0.5) is 4.79 Å². The SMILES string of the molecule is C=CCN1NC(=O)[C@H](C)N(CCC(C)C)C1=O. The van der Waals surface area contributed by atoms with Crippen LogP contribution >= 0.6 is 0 Å². The van der Waals surface area contributed by atoms with Crippen molar-refractivity contribution >= 4 is 11.9 Å². The summed E-state index contributed by atoms with van der Waals surface area (Å²) in [6.07, 6.45) is 2.49. The van der Waals surface area contributed by atoms with Gasteiger partial charge in [-0.3, -0.25) is 10.2 Å². The van der Waals surface area contributed by atoms with Gasteiger partial charge in [0.25, 0.3) is 5.91 Å². The highest BCUT2D eigenvalue weighted by Crippen LogP contribution is 2.13. The highest BCUT2D eigenvalue weighted by molar-refractivity contribution is 5.91. The molecule has 0 aromatic rings. The number of hydrogen-bond acceptors (Lipinski definition) is 2. The number of hydrogen-bond donors (Lipinski definition) is 1. The van der Waals surface area contributed by atoms with Crippen molar-refractivity contribution < 1.29 is 9.59 Å². The van der Waals surface area contributed by atoms with Gasteiger partial charge in [0.15, 0.2) is 0 Å². The van der Waals surface area contributed by atoms with E-state index in [9.17, 15) is 9.59 Å². The molecule has 1 rings (SSSR count). The van der Waals surface area contributed by atoms with E-state index in [0.717, 1.165) is 6.42 Å². The number of rotatable bonds is 5. The van der Waals surface area contributed by atoms with E-state index in [1.54, 1.807) is 17.9 Å². The van der Waals surface area contributed by atoms with E-state index in [-0.39, 0.29) is 11.9 Å². The van der Waals surface area contributed by atoms with Crippen molar-refractivity contribution in [3.8, 4) is 0 Å². The fraction of sp³-hybridized carbons (Fsp3) is 0.667. The lowest BCUT2D eigenvalue weighted by Crippen LogP contribution is -2.64. The third-order valence-electron chi connectivity index (χ3n) is 2.83. The van der Waals surface area contributed by atoms with Crippen LogP contribution in [0.1, 0.15) is 27.2 Å². The average molecular weight is 239 g/mol. The number of urea groups is 1. The summed E-state index contributed by atoms with van der Waals surface area (Å²) in [6, 6.07) is -0.556. The fourth-order valence-electron chi connectivity index (χ4n) is 1.68. The van der Waals surface area contributed by atoms with Crippen LogP contribution in [-0.2, 0) is 4.79 Å². The van der Waals surface area contributed by atoms with Gasteiger partial charge in [-0.15, -0.1) is 6.58 Å². The van der Waals surface area contributed by atoms with Crippen molar-refractivity contribution in [1.29, 1.82) is 0 Å². The Labute approximate surface area is 102 Å². The zero-order chi connectivity index (χ0) is 13.0. The minimum absolute atomic E-state index is 0.143. The highest BCUT2D eigenvalue weighted by atomic mass is 16.2. The number of nitrogens with zero attached hydrogens (tertiary/aromatic N) is 2. The normalized spacial score (nSPS) is 20.8. The van der Waals surface area contributed by atoms with Gasteiger partial charge in [-0.25, -0.2) is 9.80 Å². The van der Waals surface area contributed by atoms with E-state index >= 15 is 0 Å². The van der Waals surface area contributed by atoms with Gasteiger partial charge >= 0.3 is 6.03 Å². The lowest BCUT2D eigenvalue weighted by atomic mass is 10.1. The molecule has 1 aliphatic rings. The van der Waals surface area contributed by atoms with E-state index < -0.39 is 6.04 Å². The second kappa shape index (κ2) is 5.70. The molecule has 1 heterocycles. The maximum absolute atomic E-state index is 12.1. The molecule has 3 amide bonds. The maximum Gasteiger partial charge on any atom is 0.339 e. The summed E-state index contributed by atoms with van der Waals surface area (Å²) < 4.78 is 0. The van der Waals surface area contributed by atoms with Gasteiger partial charge in [-0.05, 0) is 19.3 Å². The maximum atomic E-state index is 12.1. The molecule has 96 valence electrons. The molecule has 1 saturated heterocycles. The molecule has 1 fully saturated rings. The summed E-state index contributed by atoms with van der Waals surface area (Å²) >= 11 is 0. The fourth-order valence-corrected chi connectivity index (χ4v) is 1.68. The Bertz CT molecular complexity index is 315. The Balaban J connectivity index is 2.72. The summed E-state index contributed by atoms with van der Waals surface area (Å²) in [5.41, 5.74) is 2.57. The number of hydrazine groups is 1. The van der Waals surface area contributed by atoms with Gasteiger partial charge in [0.05, 0.1) is 6.54 Å². The summed E-state index contributed by atoms with van der Waals surface area (Å²) in [6.45, 7) is 10.5. The molecule has 0 aromatic heterocycles. The van der Waals surface area contributed by atoms with Crippen molar-refractivity contribution in [3.63, 3.8) is 0 Å². The first kappa shape index (κ1) is 13.5. The van der Waals surface area contributed by atoms with Crippen LogP contribution in [0.25, 0.3) is 0 Å².